The lowest BCUT2D eigenvalue weighted by molar-refractivity contribution is 0.0337. The largest absolute Gasteiger partial charge is 0.454 e. The van der Waals surface area contributed by atoms with Gasteiger partial charge in [-0.25, -0.2) is 14.2 Å². The highest BCUT2D eigenvalue weighted by Crippen LogP contribution is 2.28. The van der Waals surface area contributed by atoms with Crippen molar-refractivity contribution in [3.63, 3.8) is 0 Å². The Bertz CT molecular complexity index is 893. The predicted octanol–water partition coefficient (Wildman–Crippen LogP) is 5.80. The third-order valence-corrected chi connectivity index (χ3v) is 6.00. The van der Waals surface area contributed by atoms with E-state index in [1.807, 2.05) is 30.5 Å². The molecule has 0 saturated heterocycles. The number of carbonyl (C=O) groups is 1. The Kier molecular flexibility index (Phi) is 6.06. The van der Waals surface area contributed by atoms with E-state index in [1.165, 1.54) is 12.1 Å². The topological polar surface area (TPSA) is 39.2 Å². The number of hydrogen-bond acceptors (Lipinski definition) is 5. The number of halogens is 1. The van der Waals surface area contributed by atoms with Gasteiger partial charge in [0.05, 0.1) is 5.56 Å². The summed E-state index contributed by atoms with van der Waals surface area (Å²) in [6, 6.07) is 13.4. The zero-order valence-corrected chi connectivity index (χ0v) is 16.1. The summed E-state index contributed by atoms with van der Waals surface area (Å²) in [6.45, 7) is 3.74. The van der Waals surface area contributed by atoms with Gasteiger partial charge in [0.15, 0.2) is 0 Å². The molecule has 0 N–H and O–H groups in total. The van der Waals surface area contributed by atoms with E-state index in [-0.39, 0.29) is 11.8 Å². The van der Waals surface area contributed by atoms with Crippen LogP contribution in [0.2, 0.25) is 0 Å². The van der Waals surface area contributed by atoms with E-state index in [0.29, 0.717) is 11.3 Å². The van der Waals surface area contributed by atoms with E-state index in [2.05, 4.69) is 4.98 Å². The van der Waals surface area contributed by atoms with Crippen molar-refractivity contribution in [3.8, 4) is 0 Å². The SMILES string of the molecule is Cc1csc(SCc2ccccc2C(=O)O[C@H](C)c2ccc(F)cc2)n1. The lowest BCUT2D eigenvalue weighted by Crippen LogP contribution is -2.11. The van der Waals surface area contributed by atoms with Gasteiger partial charge in [-0.1, -0.05) is 42.1 Å². The van der Waals surface area contributed by atoms with E-state index in [9.17, 15) is 9.18 Å². The summed E-state index contributed by atoms with van der Waals surface area (Å²) < 4.78 is 19.6. The molecule has 6 heteroatoms. The van der Waals surface area contributed by atoms with Gasteiger partial charge in [0.2, 0.25) is 0 Å². The van der Waals surface area contributed by atoms with Crippen molar-refractivity contribution in [1.82, 2.24) is 4.98 Å². The summed E-state index contributed by atoms with van der Waals surface area (Å²) in [5.41, 5.74) is 3.20. The molecule has 3 nitrogen and oxygen atoms in total. The highest BCUT2D eigenvalue weighted by Gasteiger charge is 2.17. The summed E-state index contributed by atoms with van der Waals surface area (Å²) in [4.78, 5) is 17.0. The van der Waals surface area contributed by atoms with Crippen LogP contribution < -0.4 is 0 Å². The van der Waals surface area contributed by atoms with Crippen molar-refractivity contribution in [2.24, 2.45) is 0 Å². The molecule has 26 heavy (non-hydrogen) atoms. The fourth-order valence-electron chi connectivity index (χ4n) is 2.41. The minimum atomic E-state index is -0.453. The average Bonchev–Trinajstić information content (AvgIpc) is 3.06. The van der Waals surface area contributed by atoms with E-state index < -0.39 is 6.10 Å². The fourth-order valence-corrected chi connectivity index (χ4v) is 4.26. The predicted molar refractivity (Wildman–Crippen MR) is 103 cm³/mol. The molecular weight excluding hydrogens is 369 g/mol. The van der Waals surface area contributed by atoms with E-state index in [0.717, 1.165) is 21.2 Å². The number of nitrogens with zero attached hydrogens (tertiary/aromatic N) is 1. The molecule has 2 aromatic carbocycles. The zero-order chi connectivity index (χ0) is 18.5. The van der Waals surface area contributed by atoms with Crippen molar-refractivity contribution >= 4 is 29.1 Å². The highest BCUT2D eigenvalue weighted by atomic mass is 32.2. The minimum absolute atomic E-state index is 0.313. The summed E-state index contributed by atoms with van der Waals surface area (Å²) >= 11 is 3.20. The Hall–Kier alpha value is -2.18. The molecule has 0 spiro atoms. The summed E-state index contributed by atoms with van der Waals surface area (Å²) in [7, 11) is 0. The number of esters is 1. The Morgan fingerprint density at radius 3 is 2.65 bits per heavy atom. The normalized spacial score (nSPS) is 12.0. The fraction of sp³-hybridized carbons (Fsp3) is 0.200. The first-order valence-corrected chi connectivity index (χ1v) is 9.98. The van der Waals surface area contributed by atoms with Gasteiger partial charge >= 0.3 is 5.97 Å². The van der Waals surface area contributed by atoms with Gasteiger partial charge < -0.3 is 4.74 Å². The van der Waals surface area contributed by atoms with Crippen LogP contribution >= 0.6 is 23.1 Å². The van der Waals surface area contributed by atoms with Crippen molar-refractivity contribution in [2.75, 3.05) is 0 Å². The molecule has 0 bridgehead atoms. The number of hydrogen-bond donors (Lipinski definition) is 0. The maximum Gasteiger partial charge on any atom is 0.339 e. The molecule has 0 aliphatic carbocycles. The first-order chi connectivity index (χ1) is 12.5. The number of ether oxygens (including phenoxy) is 1. The molecule has 0 fully saturated rings. The van der Waals surface area contributed by atoms with Crippen LogP contribution in [0.4, 0.5) is 4.39 Å². The van der Waals surface area contributed by atoms with Gasteiger partial charge in [-0.3, -0.25) is 0 Å². The molecule has 1 aromatic heterocycles. The van der Waals surface area contributed by atoms with Crippen LogP contribution in [-0.4, -0.2) is 11.0 Å². The number of aryl methyl sites for hydroxylation is 1. The second-order valence-corrected chi connectivity index (χ2v) is 7.88. The van der Waals surface area contributed by atoms with Crippen LogP contribution in [0.15, 0.2) is 58.3 Å². The van der Waals surface area contributed by atoms with Gasteiger partial charge in [-0.05, 0) is 43.2 Å². The molecule has 0 saturated carbocycles. The van der Waals surface area contributed by atoms with Gasteiger partial charge in [-0.15, -0.1) is 11.3 Å². The Morgan fingerprint density at radius 2 is 1.96 bits per heavy atom. The Morgan fingerprint density at radius 1 is 1.23 bits per heavy atom. The van der Waals surface area contributed by atoms with E-state index in [1.54, 1.807) is 48.2 Å². The number of rotatable bonds is 6. The average molecular weight is 388 g/mol. The number of thioether (sulfide) groups is 1. The second-order valence-electron chi connectivity index (χ2n) is 5.80. The standard InChI is InChI=1S/C20H18FNO2S2/c1-13-11-25-20(22-13)26-12-16-5-3-4-6-18(16)19(23)24-14(2)15-7-9-17(21)10-8-15/h3-11,14H,12H2,1-2H3/t14-/m1/s1. The first-order valence-electron chi connectivity index (χ1n) is 8.12. The molecule has 0 radical (unpaired) electrons. The van der Waals surface area contributed by atoms with Crippen molar-refractivity contribution < 1.29 is 13.9 Å². The maximum atomic E-state index is 13.0. The number of benzene rings is 2. The highest BCUT2D eigenvalue weighted by molar-refractivity contribution is 8.00. The van der Waals surface area contributed by atoms with Crippen molar-refractivity contribution in [2.45, 2.75) is 30.0 Å². The summed E-state index contributed by atoms with van der Waals surface area (Å²) in [6.07, 6.45) is -0.453. The van der Waals surface area contributed by atoms with Crippen LogP contribution in [0, 0.1) is 12.7 Å². The Labute approximate surface area is 160 Å². The molecule has 1 heterocycles. The van der Waals surface area contributed by atoms with Crippen LogP contribution in [0.25, 0.3) is 0 Å². The molecule has 0 amide bonds. The number of aromatic nitrogens is 1. The molecule has 0 unspecified atom stereocenters. The molecule has 0 aliphatic heterocycles. The van der Waals surface area contributed by atoms with Gasteiger partial charge in [0, 0.05) is 16.8 Å². The molecule has 3 rings (SSSR count). The molecule has 3 aromatic rings. The third kappa shape index (κ3) is 4.71. The van der Waals surface area contributed by atoms with E-state index in [4.69, 9.17) is 4.74 Å². The first kappa shape index (κ1) is 18.6. The number of carbonyl (C=O) groups excluding carboxylic acids is 1. The van der Waals surface area contributed by atoms with Crippen LogP contribution in [0.5, 0.6) is 0 Å². The zero-order valence-electron chi connectivity index (χ0n) is 14.4. The van der Waals surface area contributed by atoms with Crippen molar-refractivity contribution in [1.29, 1.82) is 0 Å². The van der Waals surface area contributed by atoms with Gasteiger partial charge in [-0.2, -0.15) is 0 Å². The van der Waals surface area contributed by atoms with Crippen molar-refractivity contribution in [3.05, 3.63) is 82.1 Å². The summed E-state index contributed by atoms with van der Waals surface area (Å²) in [5.74, 6) is -0.0520. The van der Waals surface area contributed by atoms with Gasteiger partial charge in [0.25, 0.3) is 0 Å². The van der Waals surface area contributed by atoms with Crippen LogP contribution in [-0.2, 0) is 10.5 Å². The monoisotopic (exact) mass is 387 g/mol. The quantitative estimate of drug-likeness (QED) is 0.396. The Balaban J connectivity index is 1.69. The van der Waals surface area contributed by atoms with Crippen LogP contribution in [0.1, 0.15) is 40.2 Å². The molecule has 1 atom stereocenters. The van der Waals surface area contributed by atoms with Crippen LogP contribution in [0.3, 0.4) is 0 Å². The summed E-state index contributed by atoms with van der Waals surface area (Å²) in [5, 5.41) is 2.01. The molecule has 0 aliphatic rings. The smallest absolute Gasteiger partial charge is 0.339 e. The molecular formula is C20H18FNO2S2. The maximum absolute atomic E-state index is 13.0. The van der Waals surface area contributed by atoms with E-state index >= 15 is 0 Å². The van der Waals surface area contributed by atoms with Gasteiger partial charge in [0.1, 0.15) is 16.3 Å². The third-order valence-electron chi connectivity index (χ3n) is 3.81. The lowest BCUT2D eigenvalue weighted by atomic mass is 10.1. The molecule has 134 valence electrons. The second kappa shape index (κ2) is 8.47. The lowest BCUT2D eigenvalue weighted by Gasteiger charge is -2.15. The minimum Gasteiger partial charge on any atom is -0.454 e. The number of thiazole rings is 1.